The number of benzene rings is 3. The first kappa shape index (κ1) is 22.7. The number of carboxylic acid groups (broad SMARTS) is 1. The molecule has 1 saturated carbocycles. The Morgan fingerprint density at radius 3 is 2.42 bits per heavy atom. The van der Waals surface area contributed by atoms with Crippen molar-refractivity contribution in [2.45, 2.75) is 51.1 Å². The lowest BCUT2D eigenvalue weighted by Gasteiger charge is -2.25. The number of para-hydroxylation sites is 1. The summed E-state index contributed by atoms with van der Waals surface area (Å²) in [5, 5.41) is 8.79. The molecule has 0 radical (unpaired) electrons. The molecule has 6 nitrogen and oxygen atoms in total. The van der Waals surface area contributed by atoms with Crippen molar-refractivity contribution in [2.24, 2.45) is 0 Å². The fraction of sp³-hybridized carbons (Fsp3) is 0.333. The van der Waals surface area contributed by atoms with E-state index in [0.29, 0.717) is 42.9 Å². The summed E-state index contributed by atoms with van der Waals surface area (Å²) in [6.07, 6.45) is 3.49. The van der Waals surface area contributed by atoms with Crippen LogP contribution in [0.1, 0.15) is 57.2 Å². The van der Waals surface area contributed by atoms with Crippen LogP contribution in [0.3, 0.4) is 0 Å². The second-order valence-corrected chi connectivity index (χ2v) is 8.85. The van der Waals surface area contributed by atoms with Gasteiger partial charge in [0.2, 0.25) is 0 Å². The molecule has 0 aromatic heterocycles. The van der Waals surface area contributed by atoms with E-state index in [1.807, 2.05) is 42.5 Å². The molecular formula is C30H33NO5. The SMILES string of the molecule is [2H]C([2H])(c1ccccc1OCCCCCC(=O)O)N(C(=O)c1ccc(-c2ccccc2)cc1OC)C1CC1. The quantitative estimate of drug-likeness (QED) is 0.290. The number of rotatable bonds is 13. The molecule has 1 fully saturated rings. The van der Waals surface area contributed by atoms with Gasteiger partial charge >= 0.3 is 5.97 Å². The van der Waals surface area contributed by atoms with Gasteiger partial charge in [0, 0.05) is 24.5 Å². The second kappa shape index (κ2) is 12.2. The van der Waals surface area contributed by atoms with Gasteiger partial charge in [-0.15, -0.1) is 0 Å². The number of carboxylic acids is 1. The van der Waals surface area contributed by atoms with Crippen LogP contribution in [-0.2, 0) is 11.3 Å². The molecule has 0 unspecified atom stereocenters. The zero-order valence-electron chi connectivity index (χ0n) is 22.5. The number of hydrogen-bond acceptors (Lipinski definition) is 4. The Labute approximate surface area is 215 Å². The zero-order chi connectivity index (χ0) is 27.1. The predicted molar refractivity (Wildman–Crippen MR) is 139 cm³/mol. The minimum atomic E-state index is -2.12. The van der Waals surface area contributed by atoms with Crippen molar-refractivity contribution in [2.75, 3.05) is 13.7 Å². The van der Waals surface area contributed by atoms with Crippen LogP contribution in [0.5, 0.6) is 11.5 Å². The van der Waals surface area contributed by atoms with E-state index in [-0.39, 0.29) is 18.0 Å². The van der Waals surface area contributed by atoms with E-state index in [0.717, 1.165) is 24.0 Å². The standard InChI is InChI=1S/C30H33NO5/c1-35-28-20-23(22-10-4-2-5-11-22)15-18-26(28)30(34)31(25-16-17-25)21-24-12-7-8-13-27(24)36-19-9-3-6-14-29(32)33/h2,4-5,7-8,10-13,15,18,20,25H,3,6,9,14,16-17,19,21H2,1H3,(H,32,33)/i21D2. The molecule has 188 valence electrons. The molecule has 3 aromatic carbocycles. The molecule has 6 heteroatoms. The fourth-order valence-corrected chi connectivity index (χ4v) is 4.00. The summed E-state index contributed by atoms with van der Waals surface area (Å²) in [5.74, 6) is -0.484. The van der Waals surface area contributed by atoms with Crippen LogP contribution in [0.15, 0.2) is 72.8 Å². The van der Waals surface area contributed by atoms with Crippen molar-refractivity contribution in [1.29, 1.82) is 0 Å². The number of amides is 1. The van der Waals surface area contributed by atoms with E-state index in [4.69, 9.17) is 17.3 Å². The lowest BCUT2D eigenvalue weighted by atomic mass is 10.0. The number of aliphatic carboxylic acids is 1. The fourth-order valence-electron chi connectivity index (χ4n) is 4.00. The van der Waals surface area contributed by atoms with E-state index in [2.05, 4.69) is 0 Å². The summed E-state index contributed by atoms with van der Waals surface area (Å²) in [5.41, 5.74) is 2.49. The zero-order valence-corrected chi connectivity index (χ0v) is 20.5. The lowest BCUT2D eigenvalue weighted by Crippen LogP contribution is -2.33. The van der Waals surface area contributed by atoms with E-state index in [1.54, 1.807) is 30.3 Å². The maximum atomic E-state index is 13.9. The number of unbranched alkanes of at least 4 members (excludes halogenated alkanes) is 2. The molecule has 0 bridgehead atoms. The molecule has 3 aromatic rings. The Bertz CT molecular complexity index is 1260. The highest BCUT2D eigenvalue weighted by atomic mass is 16.5. The summed E-state index contributed by atoms with van der Waals surface area (Å²) in [4.78, 5) is 25.9. The molecule has 0 spiro atoms. The van der Waals surface area contributed by atoms with E-state index < -0.39 is 18.4 Å². The molecule has 36 heavy (non-hydrogen) atoms. The van der Waals surface area contributed by atoms with Gasteiger partial charge in [-0.1, -0.05) is 54.6 Å². The molecule has 0 atom stereocenters. The first-order valence-electron chi connectivity index (χ1n) is 13.3. The lowest BCUT2D eigenvalue weighted by molar-refractivity contribution is -0.137. The minimum absolute atomic E-state index is 0.118. The van der Waals surface area contributed by atoms with E-state index in [9.17, 15) is 9.59 Å². The maximum Gasteiger partial charge on any atom is 0.303 e. The van der Waals surface area contributed by atoms with Crippen LogP contribution in [0.25, 0.3) is 11.1 Å². The normalized spacial score (nSPS) is 13.9. The van der Waals surface area contributed by atoms with Gasteiger partial charge in [-0.2, -0.15) is 0 Å². The van der Waals surface area contributed by atoms with Crippen molar-refractivity contribution in [3.05, 3.63) is 83.9 Å². The van der Waals surface area contributed by atoms with Gasteiger partial charge < -0.3 is 19.5 Å². The van der Waals surface area contributed by atoms with Gasteiger partial charge in [0.15, 0.2) is 0 Å². The first-order chi connectivity index (χ1) is 18.3. The van der Waals surface area contributed by atoms with Gasteiger partial charge in [0.05, 0.1) is 22.0 Å². The van der Waals surface area contributed by atoms with Gasteiger partial charge in [-0.05, 0) is 61.4 Å². The highest BCUT2D eigenvalue weighted by Crippen LogP contribution is 2.34. The third-order valence-electron chi connectivity index (χ3n) is 6.09. The average Bonchev–Trinajstić information content (AvgIpc) is 3.75. The smallest absolute Gasteiger partial charge is 0.303 e. The Morgan fingerprint density at radius 2 is 1.69 bits per heavy atom. The predicted octanol–water partition coefficient (Wildman–Crippen LogP) is 6.19. The Hall–Kier alpha value is -3.80. The largest absolute Gasteiger partial charge is 0.496 e. The molecule has 0 aliphatic heterocycles. The Kier molecular flexibility index (Phi) is 7.71. The highest BCUT2D eigenvalue weighted by Gasteiger charge is 2.34. The summed E-state index contributed by atoms with van der Waals surface area (Å²) < 4.78 is 29.7. The van der Waals surface area contributed by atoms with Crippen LogP contribution in [0.2, 0.25) is 0 Å². The summed E-state index contributed by atoms with van der Waals surface area (Å²) >= 11 is 0. The molecule has 4 rings (SSSR count). The Morgan fingerprint density at radius 1 is 0.944 bits per heavy atom. The van der Waals surface area contributed by atoms with Crippen LogP contribution in [-0.4, -0.2) is 41.6 Å². The number of nitrogens with zero attached hydrogens (tertiary/aromatic N) is 1. The third-order valence-corrected chi connectivity index (χ3v) is 6.09. The van der Waals surface area contributed by atoms with Gasteiger partial charge in [0.25, 0.3) is 5.91 Å². The van der Waals surface area contributed by atoms with Gasteiger partial charge in [-0.3, -0.25) is 9.59 Å². The molecule has 0 heterocycles. The molecular weight excluding hydrogens is 454 g/mol. The number of carbonyl (C=O) groups excluding carboxylic acids is 1. The average molecular weight is 490 g/mol. The van der Waals surface area contributed by atoms with Crippen LogP contribution >= 0.6 is 0 Å². The van der Waals surface area contributed by atoms with Crippen LogP contribution in [0.4, 0.5) is 0 Å². The topological polar surface area (TPSA) is 76.1 Å². The molecule has 1 aliphatic carbocycles. The van der Waals surface area contributed by atoms with Crippen molar-refractivity contribution >= 4 is 11.9 Å². The molecule has 1 N–H and O–H groups in total. The summed E-state index contributed by atoms with van der Waals surface area (Å²) in [6, 6.07) is 21.8. The number of methoxy groups -OCH3 is 1. The second-order valence-electron chi connectivity index (χ2n) is 8.85. The minimum Gasteiger partial charge on any atom is -0.496 e. The van der Waals surface area contributed by atoms with Gasteiger partial charge in [0.1, 0.15) is 11.5 Å². The van der Waals surface area contributed by atoms with Gasteiger partial charge in [-0.25, -0.2) is 0 Å². The monoisotopic (exact) mass is 489 g/mol. The van der Waals surface area contributed by atoms with Crippen molar-refractivity contribution in [3.63, 3.8) is 0 Å². The summed E-state index contributed by atoms with van der Waals surface area (Å²) in [7, 11) is 1.51. The van der Waals surface area contributed by atoms with Crippen LogP contribution < -0.4 is 9.47 Å². The number of ether oxygens (including phenoxy) is 2. The van der Waals surface area contributed by atoms with Crippen molar-refractivity contribution in [1.82, 2.24) is 4.90 Å². The molecule has 0 saturated heterocycles. The first-order valence-corrected chi connectivity index (χ1v) is 12.3. The molecule has 1 amide bonds. The highest BCUT2D eigenvalue weighted by molar-refractivity contribution is 5.98. The van der Waals surface area contributed by atoms with E-state index >= 15 is 0 Å². The molecule has 1 aliphatic rings. The van der Waals surface area contributed by atoms with Crippen LogP contribution in [0, 0.1) is 0 Å². The van der Waals surface area contributed by atoms with Crippen molar-refractivity contribution in [3.8, 4) is 22.6 Å². The van der Waals surface area contributed by atoms with Crippen molar-refractivity contribution < 1.29 is 26.9 Å². The number of hydrogen-bond donors (Lipinski definition) is 1. The van der Waals surface area contributed by atoms with E-state index in [1.165, 1.54) is 12.0 Å². The third kappa shape index (κ3) is 6.66. The number of carbonyl (C=O) groups is 2. The summed E-state index contributed by atoms with van der Waals surface area (Å²) in [6.45, 7) is -1.79. The maximum absolute atomic E-state index is 13.9. The Balaban J connectivity index is 1.57.